The molecule has 2 N–H and O–H groups in total. The van der Waals surface area contributed by atoms with Crippen LogP contribution in [0.3, 0.4) is 0 Å². The monoisotopic (exact) mass is 338 g/mol. The predicted octanol–water partition coefficient (Wildman–Crippen LogP) is 0.182. The minimum absolute atomic E-state index is 0.0432. The Morgan fingerprint density at radius 3 is 2.74 bits per heavy atom. The number of carbonyl (C=O) groups is 1. The molecule has 1 aromatic rings. The molecule has 0 unspecified atom stereocenters. The van der Waals surface area contributed by atoms with Crippen molar-refractivity contribution in [2.45, 2.75) is 24.8 Å². The van der Waals surface area contributed by atoms with Gasteiger partial charge in [-0.25, -0.2) is 0 Å². The van der Waals surface area contributed by atoms with Crippen LogP contribution in [-0.2, 0) is 14.8 Å². The van der Waals surface area contributed by atoms with E-state index < -0.39 is 10.0 Å². The number of amidine groups is 1. The van der Waals surface area contributed by atoms with Crippen LogP contribution < -0.4 is 10.6 Å². The van der Waals surface area contributed by atoms with Crippen LogP contribution in [0.15, 0.2) is 33.6 Å². The molecule has 2 rings (SSSR count). The summed E-state index contributed by atoms with van der Waals surface area (Å²) < 4.78 is 27.8. The topological polar surface area (TPSA) is 90.9 Å². The van der Waals surface area contributed by atoms with E-state index in [1.165, 1.54) is 6.07 Å². The number of likely N-dealkylation sites (N-methyl/N-ethyl adjacent to an activating group) is 2. The van der Waals surface area contributed by atoms with Gasteiger partial charge in [0.05, 0.1) is 6.54 Å². The van der Waals surface area contributed by atoms with Gasteiger partial charge in [0.25, 0.3) is 10.0 Å². The first-order valence-electron chi connectivity index (χ1n) is 7.50. The van der Waals surface area contributed by atoms with Crippen LogP contribution in [-0.4, -0.2) is 57.8 Å². The third-order valence-electron chi connectivity index (χ3n) is 3.51. The fraction of sp³-hybridized carbons (Fsp3) is 0.467. The summed E-state index contributed by atoms with van der Waals surface area (Å²) in [6.07, 6.45) is 0. The van der Waals surface area contributed by atoms with Crippen LogP contribution in [0.2, 0.25) is 0 Å². The summed E-state index contributed by atoms with van der Waals surface area (Å²) in [6.45, 7) is 5.38. The molecular weight excluding hydrogens is 316 g/mol. The fourth-order valence-corrected chi connectivity index (χ4v) is 3.65. The smallest absolute Gasteiger partial charge is 0.285 e. The zero-order chi connectivity index (χ0) is 17.0. The number of hydrogen-bond donors (Lipinski definition) is 2. The van der Waals surface area contributed by atoms with Gasteiger partial charge in [0.1, 0.15) is 4.90 Å². The van der Waals surface area contributed by atoms with Crippen molar-refractivity contribution in [2.24, 2.45) is 4.40 Å². The number of fused-ring (bicyclic) bond motifs is 1. The fourth-order valence-electron chi connectivity index (χ4n) is 2.40. The van der Waals surface area contributed by atoms with Gasteiger partial charge < -0.3 is 15.5 Å². The molecule has 0 spiro atoms. The molecule has 0 aromatic heterocycles. The van der Waals surface area contributed by atoms with Gasteiger partial charge in [-0.2, -0.15) is 8.42 Å². The molecule has 1 aliphatic heterocycles. The molecular formula is C15H22N4O3S. The minimum atomic E-state index is -3.66. The van der Waals surface area contributed by atoms with Crippen LogP contribution in [0.4, 0.5) is 0 Å². The van der Waals surface area contributed by atoms with Crippen LogP contribution in [0.5, 0.6) is 0 Å². The zero-order valence-corrected chi connectivity index (χ0v) is 14.4. The van der Waals surface area contributed by atoms with Crippen LogP contribution in [0, 0.1) is 0 Å². The van der Waals surface area contributed by atoms with Crippen molar-refractivity contribution in [3.8, 4) is 0 Å². The summed E-state index contributed by atoms with van der Waals surface area (Å²) in [5.41, 5.74) is 0.531. The maximum atomic E-state index is 12.0. The van der Waals surface area contributed by atoms with E-state index in [4.69, 9.17) is 0 Å². The van der Waals surface area contributed by atoms with E-state index in [0.717, 1.165) is 6.54 Å². The molecule has 0 bridgehead atoms. The lowest BCUT2D eigenvalue weighted by atomic mass is 10.2. The third kappa shape index (κ3) is 4.08. The van der Waals surface area contributed by atoms with Crippen LogP contribution >= 0.6 is 0 Å². The highest BCUT2D eigenvalue weighted by molar-refractivity contribution is 7.90. The van der Waals surface area contributed by atoms with E-state index in [1.807, 2.05) is 13.8 Å². The van der Waals surface area contributed by atoms with Gasteiger partial charge in [0.2, 0.25) is 5.91 Å². The molecule has 0 radical (unpaired) electrons. The van der Waals surface area contributed by atoms with E-state index in [2.05, 4.69) is 15.0 Å². The van der Waals surface area contributed by atoms with Crippen molar-refractivity contribution < 1.29 is 13.2 Å². The number of carbonyl (C=O) groups excluding carboxylic acids is 1. The Hall–Kier alpha value is -1.93. The number of benzene rings is 1. The molecule has 0 saturated heterocycles. The van der Waals surface area contributed by atoms with Crippen LogP contribution in [0.1, 0.15) is 19.4 Å². The number of nitrogens with zero attached hydrogens (tertiary/aromatic N) is 2. The van der Waals surface area contributed by atoms with Crippen molar-refractivity contribution in [3.05, 3.63) is 29.8 Å². The summed E-state index contributed by atoms with van der Waals surface area (Å²) in [4.78, 5) is 13.7. The minimum Gasteiger partial charge on any atom is -0.353 e. The summed E-state index contributed by atoms with van der Waals surface area (Å²) in [5, 5.41) is 6.02. The molecule has 0 saturated carbocycles. The van der Waals surface area contributed by atoms with E-state index >= 15 is 0 Å². The number of hydrogen-bond acceptors (Lipinski definition) is 5. The van der Waals surface area contributed by atoms with Gasteiger partial charge in [-0.05, 0) is 25.6 Å². The second kappa shape index (κ2) is 7.10. The molecule has 8 heteroatoms. The average Bonchev–Trinajstić information content (AvgIpc) is 2.78. The van der Waals surface area contributed by atoms with Crippen LogP contribution in [0.25, 0.3) is 0 Å². The van der Waals surface area contributed by atoms with Crippen molar-refractivity contribution in [1.82, 2.24) is 15.5 Å². The van der Waals surface area contributed by atoms with Crippen molar-refractivity contribution >= 4 is 21.8 Å². The largest absolute Gasteiger partial charge is 0.353 e. The summed E-state index contributed by atoms with van der Waals surface area (Å²) in [6, 6.07) is 6.80. The summed E-state index contributed by atoms with van der Waals surface area (Å²) in [5.74, 6) is 0.122. The maximum Gasteiger partial charge on any atom is 0.285 e. The molecule has 0 fully saturated rings. The molecule has 1 aromatic carbocycles. The zero-order valence-electron chi connectivity index (χ0n) is 13.5. The SMILES string of the molecule is CCN[C@H](C)CNC(=O)CN(C)C1=NS(=O)(=O)c2ccccc21. The first-order valence-corrected chi connectivity index (χ1v) is 8.94. The van der Waals surface area contributed by atoms with Crippen molar-refractivity contribution in [2.75, 3.05) is 26.7 Å². The van der Waals surface area contributed by atoms with Gasteiger partial charge in [-0.3, -0.25) is 4.79 Å². The summed E-state index contributed by atoms with van der Waals surface area (Å²) in [7, 11) is -2.01. The van der Waals surface area contributed by atoms with E-state index in [1.54, 1.807) is 30.1 Å². The maximum absolute atomic E-state index is 12.0. The predicted molar refractivity (Wildman–Crippen MR) is 88.9 cm³/mol. The second-order valence-corrected chi connectivity index (χ2v) is 7.08. The number of nitrogens with one attached hydrogen (secondary N) is 2. The first kappa shape index (κ1) is 17.4. The Bertz CT molecular complexity index is 715. The molecule has 126 valence electrons. The lowest BCUT2D eigenvalue weighted by Crippen LogP contribution is -2.43. The lowest BCUT2D eigenvalue weighted by molar-refractivity contribution is -0.121. The first-order chi connectivity index (χ1) is 10.8. The number of sulfonamides is 1. The summed E-state index contributed by atoms with van der Waals surface area (Å²) >= 11 is 0. The second-order valence-electron chi connectivity index (χ2n) is 5.50. The van der Waals surface area contributed by atoms with Gasteiger partial charge in [-0.1, -0.05) is 19.1 Å². The Labute approximate surface area is 136 Å². The molecule has 1 amide bonds. The van der Waals surface area contributed by atoms with Gasteiger partial charge in [0.15, 0.2) is 5.84 Å². The van der Waals surface area contributed by atoms with Gasteiger partial charge >= 0.3 is 0 Å². The van der Waals surface area contributed by atoms with Gasteiger partial charge in [-0.15, -0.1) is 4.40 Å². The Balaban J connectivity index is 2.02. The van der Waals surface area contributed by atoms with E-state index in [9.17, 15) is 13.2 Å². The van der Waals surface area contributed by atoms with Gasteiger partial charge in [0, 0.05) is 25.2 Å². The number of rotatable bonds is 6. The Morgan fingerprint density at radius 1 is 1.35 bits per heavy atom. The molecule has 1 heterocycles. The van der Waals surface area contributed by atoms with E-state index in [-0.39, 0.29) is 23.4 Å². The molecule has 1 aliphatic rings. The van der Waals surface area contributed by atoms with E-state index in [0.29, 0.717) is 17.9 Å². The standard InChI is InChI=1S/C15H22N4O3S/c1-4-16-11(2)9-17-14(20)10-19(3)15-12-7-5-6-8-13(12)23(21,22)18-15/h5-8,11,16H,4,9-10H2,1-3H3,(H,17,20)/t11-/m1/s1. The van der Waals surface area contributed by atoms with Crippen molar-refractivity contribution in [3.63, 3.8) is 0 Å². The third-order valence-corrected chi connectivity index (χ3v) is 4.84. The molecule has 23 heavy (non-hydrogen) atoms. The van der Waals surface area contributed by atoms with Crippen molar-refractivity contribution in [1.29, 1.82) is 0 Å². The average molecular weight is 338 g/mol. The molecule has 0 aliphatic carbocycles. The lowest BCUT2D eigenvalue weighted by Gasteiger charge is -2.19. The highest BCUT2D eigenvalue weighted by Crippen LogP contribution is 2.26. The Kier molecular flexibility index (Phi) is 5.38. The highest BCUT2D eigenvalue weighted by Gasteiger charge is 2.30. The highest BCUT2D eigenvalue weighted by atomic mass is 32.2. The quantitative estimate of drug-likeness (QED) is 0.772. The molecule has 1 atom stereocenters. The molecule has 7 nitrogen and oxygen atoms in total. The Morgan fingerprint density at radius 2 is 2.04 bits per heavy atom. The normalized spacial score (nSPS) is 16.4. The number of amides is 1.